The van der Waals surface area contributed by atoms with Crippen LogP contribution in [0.1, 0.15) is 52.4 Å². The molecule has 0 fully saturated rings. The zero-order valence-corrected chi connectivity index (χ0v) is 14.8. The zero-order valence-electron chi connectivity index (χ0n) is 12.0. The van der Waals surface area contributed by atoms with E-state index in [-0.39, 0.29) is 32.7 Å². The van der Waals surface area contributed by atoms with E-state index in [1.165, 1.54) is 25.7 Å². The van der Waals surface area contributed by atoms with Gasteiger partial charge in [0.1, 0.15) is 11.6 Å². The third-order valence-corrected chi connectivity index (χ3v) is 2.58. The Morgan fingerprint density at radius 3 is 2.33 bits per heavy atom. The van der Waals surface area contributed by atoms with Gasteiger partial charge >= 0.3 is 0 Å². The summed E-state index contributed by atoms with van der Waals surface area (Å²) in [6.07, 6.45) is 8.59. The van der Waals surface area contributed by atoms with Crippen LogP contribution >= 0.6 is 0 Å². The summed E-state index contributed by atoms with van der Waals surface area (Å²) in [7, 11) is 0. The quantitative estimate of drug-likeness (QED) is 0.309. The Kier molecular flexibility index (Phi) is 17.0. The molecule has 0 aliphatic heterocycles. The number of hydrogen-bond donors (Lipinski definition) is 3. The summed E-state index contributed by atoms with van der Waals surface area (Å²) in [6, 6.07) is 0. The van der Waals surface area contributed by atoms with Crippen LogP contribution in [-0.2, 0) is 32.7 Å². The molecule has 0 aromatic heterocycles. The molecule has 0 atom stereocenters. The molecule has 4 heteroatoms. The van der Waals surface area contributed by atoms with Gasteiger partial charge in [-0.1, -0.05) is 38.7 Å². The first-order valence-corrected chi connectivity index (χ1v) is 6.76. The minimum Gasteiger partial charge on any atom is -0.509 e. The minimum atomic E-state index is 0. The van der Waals surface area contributed by atoms with Crippen molar-refractivity contribution in [2.75, 3.05) is 13.1 Å². The summed E-state index contributed by atoms with van der Waals surface area (Å²) in [4.78, 5) is 0. The molecule has 0 unspecified atom stereocenters. The molecule has 0 aliphatic rings. The molecule has 0 aromatic carbocycles. The van der Waals surface area contributed by atoms with Crippen molar-refractivity contribution in [3.05, 3.63) is 24.2 Å². The fourth-order valence-corrected chi connectivity index (χ4v) is 1.64. The molecule has 0 amide bonds. The standard InChI is InChI=1S/C14H28N2O.Y/c1-4-7-8-9-10-11-13(17)14(15-6-3)16-12-5-2;/h5,15-17H,2,4,6-12H2,1,3H3;/b14-13-;. The predicted octanol–water partition coefficient (Wildman–Crippen LogP) is 3.46. The predicted molar refractivity (Wildman–Crippen MR) is 74.9 cm³/mol. The average Bonchev–Trinajstić information content (AvgIpc) is 2.34. The molecule has 3 N–H and O–H groups in total. The SMILES string of the molecule is C=CCN/C(NCC)=C(\O)CCCCCCC.[Y]. The molecule has 0 heterocycles. The summed E-state index contributed by atoms with van der Waals surface area (Å²) in [5.74, 6) is 1.19. The molecule has 0 aliphatic carbocycles. The first-order valence-electron chi connectivity index (χ1n) is 6.76. The average molecular weight is 329 g/mol. The van der Waals surface area contributed by atoms with Crippen molar-refractivity contribution in [2.45, 2.75) is 52.4 Å². The maximum Gasteiger partial charge on any atom is 0.138 e. The second kappa shape index (κ2) is 15.0. The number of aliphatic hydroxyl groups is 1. The molecule has 103 valence electrons. The van der Waals surface area contributed by atoms with Gasteiger partial charge in [0.15, 0.2) is 0 Å². The van der Waals surface area contributed by atoms with E-state index in [1.54, 1.807) is 6.08 Å². The van der Waals surface area contributed by atoms with Gasteiger partial charge in [-0.15, -0.1) is 6.58 Å². The van der Waals surface area contributed by atoms with Crippen LogP contribution in [0.3, 0.4) is 0 Å². The van der Waals surface area contributed by atoms with Crippen LogP contribution in [0.5, 0.6) is 0 Å². The molecular weight excluding hydrogens is 301 g/mol. The van der Waals surface area contributed by atoms with E-state index in [0.717, 1.165) is 25.2 Å². The first kappa shape index (κ1) is 20.3. The Morgan fingerprint density at radius 1 is 1.11 bits per heavy atom. The third-order valence-electron chi connectivity index (χ3n) is 2.58. The van der Waals surface area contributed by atoms with E-state index >= 15 is 0 Å². The maximum atomic E-state index is 9.94. The second-order valence-electron chi connectivity index (χ2n) is 4.19. The minimum absolute atomic E-state index is 0. The van der Waals surface area contributed by atoms with Gasteiger partial charge < -0.3 is 15.7 Å². The molecule has 0 aromatic rings. The van der Waals surface area contributed by atoms with E-state index in [1.807, 2.05) is 6.92 Å². The van der Waals surface area contributed by atoms with Gasteiger partial charge in [0.05, 0.1) is 0 Å². The number of aliphatic hydroxyl groups excluding tert-OH is 1. The van der Waals surface area contributed by atoms with E-state index < -0.39 is 0 Å². The van der Waals surface area contributed by atoms with Crippen molar-refractivity contribution in [2.24, 2.45) is 0 Å². The Balaban J connectivity index is 0. The third kappa shape index (κ3) is 11.1. The van der Waals surface area contributed by atoms with Crippen molar-refractivity contribution in [1.29, 1.82) is 0 Å². The van der Waals surface area contributed by atoms with Crippen LogP contribution in [0, 0.1) is 0 Å². The van der Waals surface area contributed by atoms with Crippen LogP contribution in [0.15, 0.2) is 24.2 Å². The van der Waals surface area contributed by atoms with Crippen LogP contribution in [0.25, 0.3) is 0 Å². The van der Waals surface area contributed by atoms with Crippen LogP contribution in [0.4, 0.5) is 0 Å². The van der Waals surface area contributed by atoms with Gasteiger partial charge in [-0.3, -0.25) is 0 Å². The van der Waals surface area contributed by atoms with Crippen molar-refractivity contribution >= 4 is 0 Å². The van der Waals surface area contributed by atoms with E-state index in [9.17, 15) is 5.11 Å². The monoisotopic (exact) mass is 329 g/mol. The Labute approximate surface area is 137 Å². The fraction of sp³-hybridized carbons (Fsp3) is 0.714. The van der Waals surface area contributed by atoms with Gasteiger partial charge in [-0.05, 0) is 13.3 Å². The summed E-state index contributed by atoms with van der Waals surface area (Å²) >= 11 is 0. The number of allylic oxidation sites excluding steroid dienone is 1. The van der Waals surface area contributed by atoms with Gasteiger partial charge in [0.25, 0.3) is 0 Å². The van der Waals surface area contributed by atoms with Crippen LogP contribution in [-0.4, -0.2) is 18.2 Å². The summed E-state index contributed by atoms with van der Waals surface area (Å²) in [5.41, 5.74) is 0. The molecule has 3 nitrogen and oxygen atoms in total. The smallest absolute Gasteiger partial charge is 0.138 e. The van der Waals surface area contributed by atoms with Gasteiger partial charge in [-0.25, -0.2) is 0 Å². The topological polar surface area (TPSA) is 44.3 Å². The summed E-state index contributed by atoms with van der Waals surface area (Å²) in [6.45, 7) is 9.35. The number of unbranched alkanes of at least 4 members (excludes halogenated alkanes) is 4. The molecule has 0 saturated heterocycles. The van der Waals surface area contributed by atoms with E-state index in [0.29, 0.717) is 12.3 Å². The molecule has 0 bridgehead atoms. The van der Waals surface area contributed by atoms with Gasteiger partial charge in [0.2, 0.25) is 0 Å². The molecule has 18 heavy (non-hydrogen) atoms. The molecule has 0 spiro atoms. The first-order chi connectivity index (χ1) is 8.26. The van der Waals surface area contributed by atoms with Crippen molar-refractivity contribution in [3.8, 4) is 0 Å². The molecular formula is C14H28N2OY. The Morgan fingerprint density at radius 2 is 1.78 bits per heavy atom. The van der Waals surface area contributed by atoms with Crippen LogP contribution < -0.4 is 10.6 Å². The van der Waals surface area contributed by atoms with Gasteiger partial charge in [0, 0.05) is 52.2 Å². The molecule has 1 radical (unpaired) electrons. The maximum absolute atomic E-state index is 9.94. The van der Waals surface area contributed by atoms with Crippen molar-refractivity contribution in [1.82, 2.24) is 10.6 Å². The fourth-order valence-electron chi connectivity index (χ4n) is 1.64. The molecule has 0 rings (SSSR count). The van der Waals surface area contributed by atoms with E-state index in [4.69, 9.17) is 0 Å². The molecule has 0 saturated carbocycles. The zero-order chi connectivity index (χ0) is 12.9. The Bertz CT molecular complexity index is 230. The largest absolute Gasteiger partial charge is 0.509 e. The van der Waals surface area contributed by atoms with Crippen molar-refractivity contribution < 1.29 is 37.8 Å². The summed E-state index contributed by atoms with van der Waals surface area (Å²) in [5, 5.41) is 16.2. The van der Waals surface area contributed by atoms with Crippen LogP contribution in [0.2, 0.25) is 0 Å². The summed E-state index contributed by atoms with van der Waals surface area (Å²) < 4.78 is 0. The normalized spacial score (nSPS) is 11.2. The second-order valence-corrected chi connectivity index (χ2v) is 4.19. The number of rotatable bonds is 11. The van der Waals surface area contributed by atoms with E-state index in [2.05, 4.69) is 24.1 Å². The Hall–Kier alpha value is -0.0161. The number of hydrogen-bond acceptors (Lipinski definition) is 3. The van der Waals surface area contributed by atoms with Gasteiger partial charge in [-0.2, -0.15) is 0 Å². The van der Waals surface area contributed by atoms with Crippen molar-refractivity contribution in [3.63, 3.8) is 0 Å². The number of nitrogens with one attached hydrogen (secondary N) is 2.